The van der Waals surface area contributed by atoms with Crippen LogP contribution in [-0.4, -0.2) is 11.0 Å². The van der Waals surface area contributed by atoms with Crippen molar-refractivity contribution >= 4 is 5.97 Å². The molecule has 0 saturated carbocycles. The highest BCUT2D eigenvalue weighted by atomic mass is 16.5. The minimum absolute atomic E-state index is 0.0969. The Kier molecular flexibility index (Phi) is 15.4. The van der Waals surface area contributed by atoms with E-state index in [0.717, 1.165) is 18.4 Å². The molecule has 0 atom stereocenters. The number of ether oxygens (including phenoxy) is 1. The topological polar surface area (TPSA) is 39.2 Å². The highest BCUT2D eigenvalue weighted by molar-refractivity contribution is 5.69. The summed E-state index contributed by atoms with van der Waals surface area (Å²) in [6.45, 7) is 2.59. The molecule has 152 valence electrons. The maximum atomic E-state index is 11.7. The van der Waals surface area contributed by atoms with Crippen LogP contribution in [0.15, 0.2) is 36.7 Å². The Labute approximate surface area is 166 Å². The average Bonchev–Trinajstić information content (AvgIpc) is 2.70. The van der Waals surface area contributed by atoms with Gasteiger partial charge in [0.2, 0.25) is 0 Å². The summed E-state index contributed by atoms with van der Waals surface area (Å²) in [5, 5.41) is 0. The first-order chi connectivity index (χ1) is 13.3. The monoisotopic (exact) mass is 373 g/mol. The van der Waals surface area contributed by atoms with Gasteiger partial charge in [0, 0.05) is 24.4 Å². The Morgan fingerprint density at radius 1 is 0.926 bits per heavy atom. The lowest BCUT2D eigenvalue weighted by Crippen LogP contribution is -2.04. The summed E-state index contributed by atoms with van der Waals surface area (Å²) in [6.07, 6.45) is 25.1. The number of rotatable bonds is 17. The second-order valence-electron chi connectivity index (χ2n) is 7.36. The number of allylic oxidation sites excluding steroid dienone is 2. The number of carbonyl (C=O) groups is 1. The summed E-state index contributed by atoms with van der Waals surface area (Å²) in [5.74, 6) is -0.0969. The average molecular weight is 374 g/mol. The molecule has 1 aromatic heterocycles. The first-order valence-electron chi connectivity index (χ1n) is 11.0. The number of aromatic nitrogens is 1. The predicted octanol–water partition coefficient (Wildman–Crippen LogP) is 7.16. The molecule has 3 nitrogen and oxygen atoms in total. The van der Waals surface area contributed by atoms with E-state index in [9.17, 15) is 4.79 Å². The van der Waals surface area contributed by atoms with Gasteiger partial charge in [-0.1, -0.05) is 76.5 Å². The van der Waals surface area contributed by atoms with Crippen LogP contribution in [0.4, 0.5) is 0 Å². The zero-order valence-electron chi connectivity index (χ0n) is 17.3. The van der Waals surface area contributed by atoms with Crippen molar-refractivity contribution in [3.8, 4) is 0 Å². The molecule has 0 unspecified atom stereocenters. The van der Waals surface area contributed by atoms with Crippen LogP contribution in [0.25, 0.3) is 0 Å². The molecule has 1 rings (SSSR count). The molecule has 0 saturated heterocycles. The van der Waals surface area contributed by atoms with Crippen LogP contribution in [0.3, 0.4) is 0 Å². The third kappa shape index (κ3) is 15.1. The van der Waals surface area contributed by atoms with Gasteiger partial charge in [0.25, 0.3) is 0 Å². The second kappa shape index (κ2) is 17.8. The SMILES string of the molecule is CCCCCC/C=C/CCCCCCCCCC(=O)OCc1cccnc1. The fourth-order valence-corrected chi connectivity index (χ4v) is 3.06. The van der Waals surface area contributed by atoms with Crippen LogP contribution >= 0.6 is 0 Å². The third-order valence-electron chi connectivity index (χ3n) is 4.77. The number of carbonyl (C=O) groups excluding carboxylic acids is 1. The molecule has 0 aliphatic carbocycles. The Balaban J connectivity index is 1.81. The van der Waals surface area contributed by atoms with E-state index >= 15 is 0 Å². The van der Waals surface area contributed by atoms with Gasteiger partial charge in [0.1, 0.15) is 6.61 Å². The lowest BCUT2D eigenvalue weighted by atomic mass is 10.1. The van der Waals surface area contributed by atoms with Gasteiger partial charge in [-0.2, -0.15) is 0 Å². The fraction of sp³-hybridized carbons (Fsp3) is 0.667. The molecule has 0 fully saturated rings. The second-order valence-corrected chi connectivity index (χ2v) is 7.36. The number of unbranched alkanes of at least 4 members (excludes halogenated alkanes) is 11. The molecule has 0 aliphatic rings. The van der Waals surface area contributed by atoms with E-state index in [1.807, 2.05) is 12.1 Å². The third-order valence-corrected chi connectivity index (χ3v) is 4.77. The molecule has 0 spiro atoms. The van der Waals surface area contributed by atoms with Crippen molar-refractivity contribution in [1.29, 1.82) is 0 Å². The van der Waals surface area contributed by atoms with E-state index in [0.29, 0.717) is 13.0 Å². The number of pyridine rings is 1. The van der Waals surface area contributed by atoms with Crippen LogP contribution < -0.4 is 0 Å². The van der Waals surface area contributed by atoms with Gasteiger partial charge >= 0.3 is 5.97 Å². The van der Waals surface area contributed by atoms with Crippen molar-refractivity contribution < 1.29 is 9.53 Å². The Hall–Kier alpha value is -1.64. The van der Waals surface area contributed by atoms with Crippen molar-refractivity contribution in [1.82, 2.24) is 4.98 Å². The van der Waals surface area contributed by atoms with Crippen molar-refractivity contribution in [3.63, 3.8) is 0 Å². The van der Waals surface area contributed by atoms with E-state index in [1.165, 1.54) is 70.6 Å². The number of hydrogen-bond donors (Lipinski definition) is 0. The van der Waals surface area contributed by atoms with Crippen molar-refractivity contribution in [2.45, 2.75) is 103 Å². The van der Waals surface area contributed by atoms with E-state index in [2.05, 4.69) is 24.1 Å². The maximum absolute atomic E-state index is 11.7. The minimum atomic E-state index is -0.0969. The molecule has 0 aromatic carbocycles. The van der Waals surface area contributed by atoms with Gasteiger partial charge < -0.3 is 4.74 Å². The van der Waals surface area contributed by atoms with E-state index in [1.54, 1.807) is 12.4 Å². The smallest absolute Gasteiger partial charge is 0.306 e. The van der Waals surface area contributed by atoms with Crippen molar-refractivity contribution in [2.75, 3.05) is 0 Å². The molecule has 0 bridgehead atoms. The molecule has 1 heterocycles. The van der Waals surface area contributed by atoms with Gasteiger partial charge in [-0.3, -0.25) is 9.78 Å². The zero-order valence-corrected chi connectivity index (χ0v) is 17.3. The zero-order chi connectivity index (χ0) is 19.4. The number of hydrogen-bond acceptors (Lipinski definition) is 3. The highest BCUT2D eigenvalue weighted by Crippen LogP contribution is 2.11. The maximum Gasteiger partial charge on any atom is 0.306 e. The molecule has 1 aromatic rings. The summed E-state index contributed by atoms with van der Waals surface area (Å²) >= 11 is 0. The van der Waals surface area contributed by atoms with Crippen LogP contribution in [0, 0.1) is 0 Å². The molecular formula is C24H39NO2. The largest absolute Gasteiger partial charge is 0.461 e. The lowest BCUT2D eigenvalue weighted by molar-refractivity contribution is -0.145. The first-order valence-corrected chi connectivity index (χ1v) is 11.0. The van der Waals surface area contributed by atoms with Crippen LogP contribution in [-0.2, 0) is 16.1 Å². The summed E-state index contributed by atoms with van der Waals surface area (Å²) in [5.41, 5.74) is 0.942. The van der Waals surface area contributed by atoms with E-state index < -0.39 is 0 Å². The Bertz CT molecular complexity index is 484. The van der Waals surface area contributed by atoms with Crippen molar-refractivity contribution in [2.24, 2.45) is 0 Å². The minimum Gasteiger partial charge on any atom is -0.461 e. The molecule has 3 heteroatoms. The molecule has 0 radical (unpaired) electrons. The molecule has 0 aliphatic heterocycles. The highest BCUT2D eigenvalue weighted by Gasteiger charge is 2.03. The summed E-state index contributed by atoms with van der Waals surface area (Å²) < 4.78 is 5.26. The summed E-state index contributed by atoms with van der Waals surface area (Å²) in [6, 6.07) is 3.78. The lowest BCUT2D eigenvalue weighted by Gasteiger charge is -2.05. The summed E-state index contributed by atoms with van der Waals surface area (Å²) in [4.78, 5) is 15.7. The number of esters is 1. The van der Waals surface area contributed by atoms with Crippen LogP contribution in [0.2, 0.25) is 0 Å². The Morgan fingerprint density at radius 3 is 2.19 bits per heavy atom. The predicted molar refractivity (Wildman–Crippen MR) is 113 cm³/mol. The quantitative estimate of drug-likeness (QED) is 0.165. The van der Waals surface area contributed by atoms with Crippen LogP contribution in [0.5, 0.6) is 0 Å². The molecule has 27 heavy (non-hydrogen) atoms. The van der Waals surface area contributed by atoms with E-state index in [-0.39, 0.29) is 5.97 Å². The van der Waals surface area contributed by atoms with Gasteiger partial charge in [-0.25, -0.2) is 0 Å². The number of nitrogens with zero attached hydrogens (tertiary/aromatic N) is 1. The van der Waals surface area contributed by atoms with E-state index in [4.69, 9.17) is 4.74 Å². The Morgan fingerprint density at radius 2 is 1.56 bits per heavy atom. The standard InChI is InChI=1S/C24H39NO2/c1-2-3-4-5-6-7-8-9-10-11-12-13-14-15-16-19-24(26)27-22-23-18-17-20-25-21-23/h7-8,17-18,20-21H,2-6,9-16,19,22H2,1H3/b8-7+. The molecule has 0 amide bonds. The normalized spacial score (nSPS) is 11.1. The molecular weight excluding hydrogens is 334 g/mol. The summed E-state index contributed by atoms with van der Waals surface area (Å²) in [7, 11) is 0. The molecule has 0 N–H and O–H groups in total. The van der Waals surface area contributed by atoms with Gasteiger partial charge in [-0.05, 0) is 38.2 Å². The fourth-order valence-electron chi connectivity index (χ4n) is 3.06. The van der Waals surface area contributed by atoms with Gasteiger partial charge in [0.15, 0.2) is 0 Å². The van der Waals surface area contributed by atoms with Gasteiger partial charge in [-0.15, -0.1) is 0 Å². The first kappa shape index (κ1) is 23.4. The van der Waals surface area contributed by atoms with Crippen LogP contribution in [0.1, 0.15) is 102 Å². The van der Waals surface area contributed by atoms with Crippen molar-refractivity contribution in [3.05, 3.63) is 42.2 Å². The van der Waals surface area contributed by atoms with Gasteiger partial charge in [0.05, 0.1) is 0 Å².